The highest BCUT2D eigenvalue weighted by Gasteiger charge is 2.25. The molecular weight excluding hydrogens is 290 g/mol. The lowest BCUT2D eigenvalue weighted by Gasteiger charge is -2.16. The van der Waals surface area contributed by atoms with Crippen molar-refractivity contribution in [3.05, 3.63) is 40.5 Å². The second kappa shape index (κ2) is 8.02. The lowest BCUT2D eigenvalue weighted by atomic mass is 10.1. The second-order valence-corrected chi connectivity index (χ2v) is 4.48. The zero-order valence-corrected chi connectivity index (χ0v) is 12.8. The maximum absolute atomic E-state index is 11.6. The van der Waals surface area contributed by atoms with Crippen molar-refractivity contribution < 1.29 is 23.9 Å². The Hall–Kier alpha value is -2.57. The van der Waals surface area contributed by atoms with E-state index in [9.17, 15) is 14.9 Å². The molecule has 1 aromatic rings. The molecule has 0 aliphatic heterocycles. The predicted octanol–water partition coefficient (Wildman–Crippen LogP) is 3.18. The molecule has 0 aliphatic carbocycles. The number of nitro groups is 1. The summed E-state index contributed by atoms with van der Waals surface area (Å²) < 4.78 is 15.4. The average molecular weight is 309 g/mol. The van der Waals surface area contributed by atoms with E-state index >= 15 is 0 Å². The van der Waals surface area contributed by atoms with Crippen LogP contribution in [0.3, 0.4) is 0 Å². The van der Waals surface area contributed by atoms with Gasteiger partial charge in [-0.3, -0.25) is 14.9 Å². The van der Waals surface area contributed by atoms with E-state index in [-0.39, 0.29) is 23.4 Å². The molecule has 0 fully saturated rings. The van der Waals surface area contributed by atoms with Gasteiger partial charge in [0.25, 0.3) is 5.69 Å². The number of carbonyl (C=O) groups excluding carboxylic acids is 1. The molecule has 0 spiro atoms. The van der Waals surface area contributed by atoms with Gasteiger partial charge in [0.1, 0.15) is 6.10 Å². The van der Waals surface area contributed by atoms with Crippen molar-refractivity contribution in [1.82, 2.24) is 0 Å². The molecule has 0 saturated carbocycles. The van der Waals surface area contributed by atoms with Gasteiger partial charge >= 0.3 is 5.97 Å². The Bertz CT molecular complexity index is 569. The van der Waals surface area contributed by atoms with Crippen LogP contribution < -0.4 is 9.47 Å². The van der Waals surface area contributed by atoms with Crippen LogP contribution >= 0.6 is 0 Å². The summed E-state index contributed by atoms with van der Waals surface area (Å²) in [7, 11) is 2.81. The quantitative estimate of drug-likeness (QED) is 0.317. The van der Waals surface area contributed by atoms with Crippen LogP contribution in [0.1, 0.15) is 31.4 Å². The molecule has 0 radical (unpaired) electrons. The summed E-state index contributed by atoms with van der Waals surface area (Å²) in [6.07, 6.45) is 1.48. The van der Waals surface area contributed by atoms with Gasteiger partial charge in [0.15, 0.2) is 11.5 Å². The number of hydrogen-bond acceptors (Lipinski definition) is 6. The second-order valence-electron chi connectivity index (χ2n) is 4.48. The number of hydrogen-bond donors (Lipinski definition) is 0. The highest BCUT2D eigenvalue weighted by atomic mass is 16.6. The lowest BCUT2D eigenvalue weighted by molar-refractivity contribution is -0.386. The van der Waals surface area contributed by atoms with Crippen molar-refractivity contribution in [2.45, 2.75) is 25.9 Å². The first-order valence-corrected chi connectivity index (χ1v) is 6.65. The molecule has 0 bridgehead atoms. The van der Waals surface area contributed by atoms with Crippen molar-refractivity contribution in [2.75, 3.05) is 14.2 Å². The monoisotopic (exact) mass is 309 g/mol. The summed E-state index contributed by atoms with van der Waals surface area (Å²) in [4.78, 5) is 22.3. The van der Waals surface area contributed by atoms with Gasteiger partial charge in [-0.1, -0.05) is 6.08 Å². The number of methoxy groups -OCH3 is 2. The maximum Gasteiger partial charge on any atom is 0.306 e. The Kier molecular flexibility index (Phi) is 6.37. The third-order valence-electron chi connectivity index (χ3n) is 3.03. The number of ether oxygens (including phenoxy) is 3. The molecule has 1 unspecified atom stereocenters. The van der Waals surface area contributed by atoms with Crippen LogP contribution in [-0.4, -0.2) is 25.1 Å². The maximum atomic E-state index is 11.6. The summed E-state index contributed by atoms with van der Waals surface area (Å²) >= 11 is 0. The number of allylic oxidation sites excluding steroid dienone is 1. The van der Waals surface area contributed by atoms with Gasteiger partial charge in [-0.25, -0.2) is 0 Å². The predicted molar refractivity (Wildman–Crippen MR) is 80.1 cm³/mol. The SMILES string of the molecule is C=CCCC(=O)OC(C)c1cc(OC)c(OC)cc1[N+](=O)[O-]. The zero-order chi connectivity index (χ0) is 16.7. The lowest BCUT2D eigenvalue weighted by Crippen LogP contribution is -2.10. The van der Waals surface area contributed by atoms with E-state index in [0.717, 1.165) is 0 Å². The summed E-state index contributed by atoms with van der Waals surface area (Å²) in [5.74, 6) is 0.122. The van der Waals surface area contributed by atoms with Gasteiger partial charge in [-0.2, -0.15) is 0 Å². The Morgan fingerprint density at radius 2 is 1.95 bits per heavy atom. The van der Waals surface area contributed by atoms with Crippen LogP contribution in [0.2, 0.25) is 0 Å². The topological polar surface area (TPSA) is 87.9 Å². The number of esters is 1. The van der Waals surface area contributed by atoms with Gasteiger partial charge in [0.2, 0.25) is 0 Å². The fourth-order valence-corrected chi connectivity index (χ4v) is 1.91. The number of nitrogens with zero attached hydrogens (tertiary/aromatic N) is 1. The van der Waals surface area contributed by atoms with E-state index in [4.69, 9.17) is 14.2 Å². The van der Waals surface area contributed by atoms with Crippen molar-refractivity contribution in [2.24, 2.45) is 0 Å². The molecule has 1 rings (SSSR count). The van der Waals surface area contributed by atoms with Crippen molar-refractivity contribution in [1.29, 1.82) is 0 Å². The van der Waals surface area contributed by atoms with Crippen LogP contribution in [0.4, 0.5) is 5.69 Å². The normalized spacial score (nSPS) is 11.4. The van der Waals surface area contributed by atoms with Crippen LogP contribution in [-0.2, 0) is 9.53 Å². The molecule has 120 valence electrons. The molecule has 0 heterocycles. The molecular formula is C15H19NO6. The minimum absolute atomic E-state index is 0.176. The van der Waals surface area contributed by atoms with E-state index in [2.05, 4.69) is 6.58 Å². The molecule has 0 saturated heterocycles. The van der Waals surface area contributed by atoms with Gasteiger partial charge in [-0.15, -0.1) is 6.58 Å². The van der Waals surface area contributed by atoms with E-state index in [1.807, 2.05) is 0 Å². The molecule has 7 nitrogen and oxygen atoms in total. The fourth-order valence-electron chi connectivity index (χ4n) is 1.91. The summed E-state index contributed by atoms with van der Waals surface area (Å²) in [5, 5.41) is 11.2. The Morgan fingerprint density at radius 3 is 2.45 bits per heavy atom. The largest absolute Gasteiger partial charge is 0.493 e. The third-order valence-corrected chi connectivity index (χ3v) is 3.03. The molecule has 1 atom stereocenters. The third kappa shape index (κ3) is 4.21. The van der Waals surface area contributed by atoms with Crippen LogP contribution in [0.5, 0.6) is 11.5 Å². The average Bonchev–Trinajstić information content (AvgIpc) is 2.51. The highest BCUT2D eigenvalue weighted by Crippen LogP contribution is 2.38. The van der Waals surface area contributed by atoms with E-state index in [1.165, 1.54) is 26.4 Å². The smallest absolute Gasteiger partial charge is 0.306 e. The van der Waals surface area contributed by atoms with E-state index in [1.54, 1.807) is 13.0 Å². The molecule has 1 aromatic carbocycles. The standard InChI is InChI=1S/C15H19NO6/c1-5-6-7-15(17)22-10(2)11-8-13(20-3)14(21-4)9-12(11)16(18)19/h5,8-10H,1,6-7H2,2-4H3. The van der Waals surface area contributed by atoms with Gasteiger partial charge in [0, 0.05) is 6.42 Å². The molecule has 0 aromatic heterocycles. The molecule has 22 heavy (non-hydrogen) atoms. The van der Waals surface area contributed by atoms with Crippen LogP contribution in [0.15, 0.2) is 24.8 Å². The number of benzene rings is 1. The number of carbonyl (C=O) groups is 1. The minimum Gasteiger partial charge on any atom is -0.493 e. The Balaban J connectivity index is 3.12. The molecule has 0 N–H and O–H groups in total. The van der Waals surface area contributed by atoms with Gasteiger partial charge < -0.3 is 14.2 Å². The Morgan fingerprint density at radius 1 is 1.36 bits per heavy atom. The summed E-state index contributed by atoms with van der Waals surface area (Å²) in [5.41, 5.74) is 0.0521. The molecule has 0 amide bonds. The van der Waals surface area contributed by atoms with Crippen molar-refractivity contribution >= 4 is 11.7 Å². The number of rotatable bonds is 8. The Labute approximate surface area is 128 Å². The zero-order valence-electron chi connectivity index (χ0n) is 12.8. The molecule has 7 heteroatoms. The first-order chi connectivity index (χ1) is 10.4. The van der Waals surface area contributed by atoms with Crippen molar-refractivity contribution in [3.63, 3.8) is 0 Å². The summed E-state index contributed by atoms with van der Waals surface area (Å²) in [6.45, 7) is 5.09. The first-order valence-electron chi connectivity index (χ1n) is 6.65. The van der Waals surface area contributed by atoms with E-state index in [0.29, 0.717) is 12.2 Å². The molecule has 0 aliphatic rings. The minimum atomic E-state index is -0.780. The van der Waals surface area contributed by atoms with Crippen molar-refractivity contribution in [3.8, 4) is 11.5 Å². The summed E-state index contributed by atoms with van der Waals surface area (Å²) in [6, 6.07) is 2.70. The van der Waals surface area contributed by atoms with Gasteiger partial charge in [0.05, 0.1) is 30.8 Å². The number of nitro benzene ring substituents is 1. The fraction of sp³-hybridized carbons (Fsp3) is 0.400. The van der Waals surface area contributed by atoms with Gasteiger partial charge in [-0.05, 0) is 19.4 Å². The highest BCUT2D eigenvalue weighted by molar-refractivity contribution is 5.70. The van der Waals surface area contributed by atoms with Crippen LogP contribution in [0.25, 0.3) is 0 Å². The van der Waals surface area contributed by atoms with E-state index < -0.39 is 17.0 Å². The first kappa shape index (κ1) is 17.5. The van der Waals surface area contributed by atoms with Crippen LogP contribution in [0, 0.1) is 10.1 Å².